The number of benzene rings is 1. The minimum Gasteiger partial charge on any atom is -0.496 e. The van der Waals surface area contributed by atoms with Gasteiger partial charge in [0.1, 0.15) is 11.6 Å². The van der Waals surface area contributed by atoms with Crippen LogP contribution >= 0.6 is 0 Å². The third-order valence-corrected chi connectivity index (χ3v) is 3.10. The van der Waals surface area contributed by atoms with Crippen LogP contribution in [0.3, 0.4) is 0 Å². The second-order valence-corrected chi connectivity index (χ2v) is 4.10. The first-order valence-electron chi connectivity index (χ1n) is 5.78. The summed E-state index contributed by atoms with van der Waals surface area (Å²) >= 11 is 0. The third-order valence-electron chi connectivity index (χ3n) is 3.10. The van der Waals surface area contributed by atoms with Gasteiger partial charge in [0.05, 0.1) is 24.6 Å². The zero-order valence-corrected chi connectivity index (χ0v) is 9.81. The number of methoxy groups -OCH3 is 1. The van der Waals surface area contributed by atoms with E-state index in [0.29, 0.717) is 0 Å². The molecule has 0 amide bonds. The van der Waals surface area contributed by atoms with Crippen molar-refractivity contribution in [3.63, 3.8) is 0 Å². The van der Waals surface area contributed by atoms with Gasteiger partial charge in [-0.3, -0.25) is 0 Å². The Morgan fingerprint density at radius 2 is 2.24 bits per heavy atom. The van der Waals surface area contributed by atoms with Crippen LogP contribution in [0.1, 0.15) is 5.69 Å². The SMILES string of the molecule is COc1ccccc1-c1ncc2n1CCNC2. The summed E-state index contributed by atoms with van der Waals surface area (Å²) in [5.74, 6) is 1.87. The van der Waals surface area contributed by atoms with Crippen molar-refractivity contribution in [3.8, 4) is 17.1 Å². The van der Waals surface area contributed by atoms with E-state index in [1.807, 2.05) is 24.4 Å². The Morgan fingerprint density at radius 3 is 3.12 bits per heavy atom. The van der Waals surface area contributed by atoms with Crippen LogP contribution in [-0.4, -0.2) is 23.2 Å². The Labute approximate surface area is 100 Å². The van der Waals surface area contributed by atoms with E-state index in [9.17, 15) is 0 Å². The molecule has 0 fully saturated rings. The van der Waals surface area contributed by atoms with Crippen molar-refractivity contribution in [2.24, 2.45) is 0 Å². The maximum Gasteiger partial charge on any atom is 0.143 e. The summed E-state index contributed by atoms with van der Waals surface area (Å²) in [6, 6.07) is 8.01. The molecule has 0 radical (unpaired) electrons. The first-order chi connectivity index (χ1) is 8.40. The lowest BCUT2D eigenvalue weighted by Crippen LogP contribution is -2.27. The van der Waals surface area contributed by atoms with Crippen LogP contribution in [0.15, 0.2) is 30.5 Å². The predicted molar refractivity (Wildman–Crippen MR) is 65.9 cm³/mol. The minimum absolute atomic E-state index is 0.874. The molecule has 88 valence electrons. The van der Waals surface area contributed by atoms with Crippen LogP contribution < -0.4 is 10.1 Å². The highest BCUT2D eigenvalue weighted by molar-refractivity contribution is 5.65. The smallest absolute Gasteiger partial charge is 0.143 e. The Kier molecular flexibility index (Phi) is 2.57. The molecule has 0 unspecified atom stereocenters. The second kappa shape index (κ2) is 4.22. The van der Waals surface area contributed by atoms with Crippen LogP contribution in [0, 0.1) is 0 Å². The normalized spacial score (nSPS) is 14.4. The van der Waals surface area contributed by atoms with Crippen molar-refractivity contribution in [1.82, 2.24) is 14.9 Å². The fourth-order valence-corrected chi connectivity index (χ4v) is 2.25. The highest BCUT2D eigenvalue weighted by atomic mass is 16.5. The van der Waals surface area contributed by atoms with E-state index in [1.54, 1.807) is 7.11 Å². The van der Waals surface area contributed by atoms with Crippen molar-refractivity contribution < 1.29 is 4.74 Å². The Bertz CT molecular complexity index is 533. The number of hydrogen-bond donors (Lipinski definition) is 1. The number of aromatic nitrogens is 2. The highest BCUT2D eigenvalue weighted by Crippen LogP contribution is 2.29. The first-order valence-corrected chi connectivity index (χ1v) is 5.78. The lowest BCUT2D eigenvalue weighted by Gasteiger charge is -2.18. The number of nitrogens with one attached hydrogen (secondary N) is 1. The van der Waals surface area contributed by atoms with E-state index < -0.39 is 0 Å². The molecule has 2 aromatic rings. The van der Waals surface area contributed by atoms with Gasteiger partial charge in [0.25, 0.3) is 0 Å². The average Bonchev–Trinajstić information content (AvgIpc) is 2.82. The Balaban J connectivity index is 2.12. The summed E-state index contributed by atoms with van der Waals surface area (Å²) in [6.45, 7) is 2.84. The molecule has 3 rings (SSSR count). The molecule has 0 saturated carbocycles. The van der Waals surface area contributed by atoms with Gasteiger partial charge in [-0.1, -0.05) is 12.1 Å². The van der Waals surface area contributed by atoms with Crippen LogP contribution in [0.25, 0.3) is 11.4 Å². The summed E-state index contributed by atoms with van der Waals surface area (Å²) in [6.07, 6.45) is 1.94. The molecule has 1 aromatic heterocycles. The van der Waals surface area contributed by atoms with E-state index in [-0.39, 0.29) is 0 Å². The number of ether oxygens (including phenoxy) is 1. The van der Waals surface area contributed by atoms with Crippen molar-refractivity contribution >= 4 is 0 Å². The topological polar surface area (TPSA) is 39.1 Å². The summed E-state index contributed by atoms with van der Waals surface area (Å²) in [7, 11) is 1.69. The van der Waals surface area contributed by atoms with Crippen molar-refractivity contribution in [2.45, 2.75) is 13.1 Å². The average molecular weight is 229 g/mol. The molecule has 0 saturated heterocycles. The van der Waals surface area contributed by atoms with Crippen LogP contribution in [0.4, 0.5) is 0 Å². The summed E-state index contributed by atoms with van der Waals surface area (Å²) < 4.78 is 7.65. The van der Waals surface area contributed by atoms with Gasteiger partial charge in [-0.2, -0.15) is 0 Å². The Hall–Kier alpha value is -1.81. The molecule has 1 N–H and O–H groups in total. The minimum atomic E-state index is 0.874. The monoisotopic (exact) mass is 229 g/mol. The van der Waals surface area contributed by atoms with E-state index >= 15 is 0 Å². The summed E-state index contributed by atoms with van der Waals surface area (Å²) in [5, 5.41) is 3.34. The number of fused-ring (bicyclic) bond motifs is 1. The predicted octanol–water partition coefficient (Wildman–Crippen LogP) is 1.66. The molecule has 1 aliphatic rings. The van der Waals surface area contributed by atoms with Gasteiger partial charge in [-0.15, -0.1) is 0 Å². The zero-order chi connectivity index (χ0) is 11.7. The van der Waals surface area contributed by atoms with Crippen molar-refractivity contribution in [2.75, 3.05) is 13.7 Å². The number of para-hydroxylation sites is 1. The number of rotatable bonds is 2. The third kappa shape index (κ3) is 1.70. The van der Waals surface area contributed by atoms with Gasteiger partial charge >= 0.3 is 0 Å². The molecule has 17 heavy (non-hydrogen) atoms. The molecule has 2 heterocycles. The quantitative estimate of drug-likeness (QED) is 0.851. The van der Waals surface area contributed by atoms with E-state index in [4.69, 9.17) is 4.74 Å². The highest BCUT2D eigenvalue weighted by Gasteiger charge is 2.16. The van der Waals surface area contributed by atoms with Gasteiger partial charge in [0.15, 0.2) is 0 Å². The van der Waals surface area contributed by atoms with Gasteiger partial charge in [-0.05, 0) is 12.1 Å². The summed E-state index contributed by atoms with van der Waals surface area (Å²) in [4.78, 5) is 4.52. The molecule has 0 aliphatic carbocycles. The van der Waals surface area contributed by atoms with E-state index in [1.165, 1.54) is 5.69 Å². The van der Waals surface area contributed by atoms with Crippen LogP contribution in [0.5, 0.6) is 5.75 Å². The first kappa shape index (κ1) is 10.4. The molecular formula is C13H15N3O. The lowest BCUT2D eigenvalue weighted by atomic mass is 10.2. The standard InChI is InChI=1S/C13H15N3O/c1-17-12-5-3-2-4-11(12)13-15-9-10-8-14-6-7-16(10)13/h2-5,9,14H,6-8H2,1H3. The van der Waals surface area contributed by atoms with Crippen LogP contribution in [-0.2, 0) is 13.1 Å². The molecular weight excluding hydrogens is 214 g/mol. The molecule has 4 heteroatoms. The van der Waals surface area contributed by atoms with Gasteiger partial charge in [0, 0.05) is 19.6 Å². The van der Waals surface area contributed by atoms with E-state index in [2.05, 4.69) is 20.9 Å². The molecule has 0 bridgehead atoms. The van der Waals surface area contributed by atoms with Crippen molar-refractivity contribution in [3.05, 3.63) is 36.2 Å². The van der Waals surface area contributed by atoms with E-state index in [0.717, 1.165) is 36.8 Å². The molecule has 0 spiro atoms. The van der Waals surface area contributed by atoms with Crippen LogP contribution in [0.2, 0.25) is 0 Å². The second-order valence-electron chi connectivity index (χ2n) is 4.10. The number of nitrogens with zero attached hydrogens (tertiary/aromatic N) is 2. The summed E-state index contributed by atoms with van der Waals surface area (Å²) in [5.41, 5.74) is 2.29. The molecule has 1 aliphatic heterocycles. The molecule has 4 nitrogen and oxygen atoms in total. The number of hydrogen-bond acceptors (Lipinski definition) is 3. The maximum atomic E-state index is 5.39. The molecule has 1 aromatic carbocycles. The van der Waals surface area contributed by atoms with Crippen molar-refractivity contribution in [1.29, 1.82) is 0 Å². The van der Waals surface area contributed by atoms with Gasteiger partial charge in [-0.25, -0.2) is 4.98 Å². The largest absolute Gasteiger partial charge is 0.496 e. The van der Waals surface area contributed by atoms with Gasteiger partial charge in [0.2, 0.25) is 0 Å². The number of imidazole rings is 1. The zero-order valence-electron chi connectivity index (χ0n) is 9.81. The Morgan fingerprint density at radius 1 is 1.35 bits per heavy atom. The fourth-order valence-electron chi connectivity index (χ4n) is 2.25. The fraction of sp³-hybridized carbons (Fsp3) is 0.308. The molecule has 0 atom stereocenters. The van der Waals surface area contributed by atoms with Gasteiger partial charge < -0.3 is 14.6 Å². The lowest BCUT2D eigenvalue weighted by molar-refractivity contribution is 0.415. The maximum absolute atomic E-state index is 5.39.